The molecule has 0 aliphatic carbocycles. The largest absolute Gasteiger partial charge is 0.508 e. The maximum Gasteiger partial charge on any atom is 0.139 e. The van der Waals surface area contributed by atoms with Crippen LogP contribution in [-0.2, 0) is 11.2 Å². The first kappa shape index (κ1) is 13.7. The zero-order valence-corrected chi connectivity index (χ0v) is 10.0. The summed E-state index contributed by atoms with van der Waals surface area (Å²) in [7, 11) is 0. The summed E-state index contributed by atoms with van der Waals surface area (Å²) < 4.78 is 0. The second kappa shape index (κ2) is 7.04. The quantitative estimate of drug-likeness (QED) is 0.562. The van der Waals surface area contributed by atoms with Gasteiger partial charge in [0, 0.05) is 6.54 Å². The van der Waals surface area contributed by atoms with Crippen LogP contribution in [0.2, 0.25) is 0 Å². The zero-order chi connectivity index (χ0) is 12.7. The fourth-order valence-electron chi connectivity index (χ4n) is 1.58. The third-order valence-electron chi connectivity index (χ3n) is 2.66. The van der Waals surface area contributed by atoms with Crippen LogP contribution in [0.3, 0.4) is 0 Å². The first-order valence-electron chi connectivity index (χ1n) is 5.86. The second-order valence-electron chi connectivity index (χ2n) is 4.09. The molecule has 0 fully saturated rings. The number of aromatic hydroxyl groups is 1. The molecular formula is C13H19NO3. The Morgan fingerprint density at radius 2 is 2.00 bits per heavy atom. The molecule has 0 aliphatic heterocycles. The van der Waals surface area contributed by atoms with Crippen molar-refractivity contribution in [3.05, 3.63) is 29.8 Å². The van der Waals surface area contributed by atoms with E-state index in [2.05, 4.69) is 0 Å². The average Bonchev–Trinajstić information content (AvgIpc) is 2.35. The summed E-state index contributed by atoms with van der Waals surface area (Å²) >= 11 is 0. The van der Waals surface area contributed by atoms with Crippen LogP contribution in [0.1, 0.15) is 25.3 Å². The van der Waals surface area contributed by atoms with Crippen molar-refractivity contribution in [3.63, 3.8) is 0 Å². The van der Waals surface area contributed by atoms with E-state index in [0.29, 0.717) is 13.0 Å². The van der Waals surface area contributed by atoms with Gasteiger partial charge in [0.15, 0.2) is 0 Å². The summed E-state index contributed by atoms with van der Waals surface area (Å²) in [5.41, 5.74) is 0.912. The third-order valence-corrected chi connectivity index (χ3v) is 2.66. The fraction of sp³-hybridized carbons (Fsp3) is 0.462. The summed E-state index contributed by atoms with van der Waals surface area (Å²) in [6, 6.07) is 6.13. The molecule has 0 saturated heterocycles. The lowest BCUT2D eigenvalue weighted by molar-refractivity contribution is -0.143. The van der Waals surface area contributed by atoms with Crippen molar-refractivity contribution in [3.8, 4) is 5.75 Å². The highest BCUT2D eigenvalue weighted by molar-refractivity contribution is 5.58. The molecule has 1 atom stereocenters. The minimum Gasteiger partial charge on any atom is -0.508 e. The van der Waals surface area contributed by atoms with Crippen molar-refractivity contribution in [1.29, 1.82) is 0 Å². The van der Waals surface area contributed by atoms with Crippen LogP contribution < -0.4 is 0 Å². The van der Waals surface area contributed by atoms with Gasteiger partial charge in [-0.25, -0.2) is 0 Å². The van der Waals surface area contributed by atoms with Crippen LogP contribution in [0.25, 0.3) is 0 Å². The van der Waals surface area contributed by atoms with E-state index < -0.39 is 6.04 Å². The Labute approximate surface area is 101 Å². The van der Waals surface area contributed by atoms with Gasteiger partial charge in [0.1, 0.15) is 12.0 Å². The lowest BCUT2D eigenvalue weighted by atomic mass is 10.1. The van der Waals surface area contributed by atoms with E-state index in [1.807, 2.05) is 6.92 Å². The van der Waals surface area contributed by atoms with Crippen molar-refractivity contribution in [2.24, 2.45) is 0 Å². The van der Waals surface area contributed by atoms with Crippen molar-refractivity contribution in [1.82, 2.24) is 5.06 Å². The van der Waals surface area contributed by atoms with Crippen molar-refractivity contribution < 1.29 is 15.1 Å². The lowest BCUT2D eigenvalue weighted by Crippen LogP contribution is -2.36. The topological polar surface area (TPSA) is 60.8 Å². The number of hydroxylamine groups is 2. The van der Waals surface area contributed by atoms with E-state index in [1.54, 1.807) is 24.3 Å². The smallest absolute Gasteiger partial charge is 0.139 e. The van der Waals surface area contributed by atoms with Crippen molar-refractivity contribution in [2.75, 3.05) is 6.54 Å². The molecule has 2 N–H and O–H groups in total. The van der Waals surface area contributed by atoms with Gasteiger partial charge in [-0.3, -0.25) is 0 Å². The van der Waals surface area contributed by atoms with Crippen LogP contribution in [-0.4, -0.2) is 34.2 Å². The Bertz CT molecular complexity index is 337. The Balaban J connectivity index is 2.56. The SMILES string of the molecule is CCCCN(O)[C@H](C=O)Cc1ccc(O)cc1. The van der Waals surface area contributed by atoms with E-state index in [1.165, 1.54) is 0 Å². The first-order valence-corrected chi connectivity index (χ1v) is 5.86. The molecular weight excluding hydrogens is 218 g/mol. The molecule has 0 saturated carbocycles. The lowest BCUT2D eigenvalue weighted by Gasteiger charge is -2.21. The Morgan fingerprint density at radius 3 is 2.53 bits per heavy atom. The van der Waals surface area contributed by atoms with Gasteiger partial charge in [0.2, 0.25) is 0 Å². The van der Waals surface area contributed by atoms with E-state index in [-0.39, 0.29) is 5.75 Å². The predicted octanol–water partition coefficient (Wildman–Crippen LogP) is 1.99. The summed E-state index contributed by atoms with van der Waals surface area (Å²) in [4.78, 5) is 10.9. The number of aldehydes is 1. The maximum atomic E-state index is 10.9. The van der Waals surface area contributed by atoms with Gasteiger partial charge in [-0.15, -0.1) is 0 Å². The van der Waals surface area contributed by atoms with Crippen LogP contribution in [0.15, 0.2) is 24.3 Å². The van der Waals surface area contributed by atoms with Gasteiger partial charge in [0.05, 0.1) is 6.04 Å². The fourth-order valence-corrected chi connectivity index (χ4v) is 1.58. The van der Waals surface area contributed by atoms with Gasteiger partial charge in [0.25, 0.3) is 0 Å². The molecule has 0 aliphatic rings. The highest BCUT2D eigenvalue weighted by Crippen LogP contribution is 2.12. The normalized spacial score (nSPS) is 12.6. The minimum atomic E-state index is -0.522. The number of unbranched alkanes of at least 4 members (excludes halogenated alkanes) is 1. The summed E-state index contributed by atoms with van der Waals surface area (Å²) in [6.45, 7) is 2.53. The van der Waals surface area contributed by atoms with Crippen LogP contribution in [0.5, 0.6) is 5.75 Å². The average molecular weight is 237 g/mol. The molecule has 1 rings (SSSR count). The molecule has 0 radical (unpaired) electrons. The van der Waals surface area contributed by atoms with E-state index in [0.717, 1.165) is 29.8 Å². The number of hydrogen-bond donors (Lipinski definition) is 2. The number of carbonyl (C=O) groups excluding carboxylic acids is 1. The van der Waals surface area contributed by atoms with E-state index in [9.17, 15) is 10.0 Å². The number of rotatable bonds is 7. The van der Waals surface area contributed by atoms with Gasteiger partial charge in [-0.05, 0) is 30.5 Å². The molecule has 1 aromatic rings. The van der Waals surface area contributed by atoms with Crippen LogP contribution in [0, 0.1) is 0 Å². The molecule has 94 valence electrons. The molecule has 0 unspecified atom stereocenters. The van der Waals surface area contributed by atoms with Gasteiger partial charge in [-0.1, -0.05) is 25.5 Å². The number of benzene rings is 1. The molecule has 0 spiro atoms. The Kier molecular flexibility index (Phi) is 5.66. The molecule has 4 nitrogen and oxygen atoms in total. The van der Waals surface area contributed by atoms with Crippen molar-refractivity contribution >= 4 is 6.29 Å². The molecule has 4 heteroatoms. The second-order valence-corrected chi connectivity index (χ2v) is 4.09. The number of hydrogen-bond acceptors (Lipinski definition) is 4. The van der Waals surface area contributed by atoms with Crippen molar-refractivity contribution in [2.45, 2.75) is 32.2 Å². The molecule has 0 heterocycles. The predicted molar refractivity (Wildman–Crippen MR) is 65.1 cm³/mol. The highest BCUT2D eigenvalue weighted by atomic mass is 16.5. The zero-order valence-electron chi connectivity index (χ0n) is 10.0. The third kappa shape index (κ3) is 4.54. The van der Waals surface area contributed by atoms with E-state index in [4.69, 9.17) is 5.11 Å². The number of carbonyl (C=O) groups is 1. The molecule has 0 amide bonds. The standard InChI is InChI=1S/C13H19NO3/c1-2-3-8-14(17)12(10-15)9-11-4-6-13(16)7-5-11/h4-7,10,12,16-17H,2-3,8-9H2,1H3/t12-/m0/s1. The van der Waals surface area contributed by atoms with E-state index >= 15 is 0 Å². The number of phenols is 1. The first-order chi connectivity index (χ1) is 8.17. The number of phenolic OH excluding ortho intramolecular Hbond substituents is 1. The Hall–Kier alpha value is -1.39. The monoisotopic (exact) mass is 237 g/mol. The van der Waals surface area contributed by atoms with Gasteiger partial charge < -0.3 is 15.1 Å². The molecule has 0 aromatic heterocycles. The highest BCUT2D eigenvalue weighted by Gasteiger charge is 2.15. The number of nitrogens with zero attached hydrogens (tertiary/aromatic N) is 1. The maximum absolute atomic E-state index is 10.9. The minimum absolute atomic E-state index is 0.197. The molecule has 1 aromatic carbocycles. The summed E-state index contributed by atoms with van der Waals surface area (Å²) in [6.07, 6.45) is 3.03. The Morgan fingerprint density at radius 1 is 1.35 bits per heavy atom. The summed E-state index contributed by atoms with van der Waals surface area (Å²) in [5, 5.41) is 19.9. The van der Waals surface area contributed by atoms with Gasteiger partial charge >= 0.3 is 0 Å². The summed E-state index contributed by atoms with van der Waals surface area (Å²) in [5.74, 6) is 0.197. The van der Waals surface area contributed by atoms with Gasteiger partial charge in [-0.2, -0.15) is 5.06 Å². The molecule has 0 bridgehead atoms. The molecule has 17 heavy (non-hydrogen) atoms. The van der Waals surface area contributed by atoms with Crippen LogP contribution in [0.4, 0.5) is 0 Å². The van der Waals surface area contributed by atoms with Crippen LogP contribution >= 0.6 is 0 Å².